The molecule has 10 nitrogen and oxygen atoms in total. The first-order valence-corrected chi connectivity index (χ1v) is 9.94. The fourth-order valence-corrected chi connectivity index (χ4v) is 4.09. The summed E-state index contributed by atoms with van der Waals surface area (Å²) in [6.07, 6.45) is 6.26. The van der Waals surface area contributed by atoms with Crippen LogP contribution in [0.4, 0.5) is 5.13 Å². The summed E-state index contributed by atoms with van der Waals surface area (Å²) in [5, 5.41) is 12.4. The number of nitrogens with zero attached hydrogens (tertiary/aromatic N) is 4. The second kappa shape index (κ2) is 9.46. The second-order valence-corrected chi connectivity index (χ2v) is 7.94. The number of hydrazine groups is 1. The zero-order chi connectivity index (χ0) is 19.9. The van der Waals surface area contributed by atoms with Crippen molar-refractivity contribution in [3.05, 3.63) is 29.3 Å². The summed E-state index contributed by atoms with van der Waals surface area (Å²) in [4.78, 5) is 31.8. The summed E-state index contributed by atoms with van der Waals surface area (Å²) in [5.41, 5.74) is 10.8. The van der Waals surface area contributed by atoms with Crippen LogP contribution in [0.25, 0.3) is 0 Å². The van der Waals surface area contributed by atoms with Gasteiger partial charge in [-0.15, -0.1) is 10.2 Å². The predicted molar refractivity (Wildman–Crippen MR) is 107 cm³/mol. The fraction of sp³-hybridized carbons (Fsp3) is 0.438. The molecule has 2 aromatic heterocycles. The normalized spacial score (nSPS) is 18.4. The topological polar surface area (TPSA) is 148 Å². The molecule has 0 aliphatic heterocycles. The molecule has 2 atom stereocenters. The third-order valence-electron chi connectivity index (χ3n) is 4.36. The Hall–Kier alpha value is -2.73. The standard InChI is InChI=1S/C16H20N8O2S2/c17-15(27)23-21-13(26)6-9-1-2-10(5-9)14-22-24-16(28-14)20-12(25)7-11-3-4-18-8-19-11/h3-4,8-10H,1-2,5-7H2,(H,21,26)(H3,17,23,27)(H,20,24,25)/t9?,10-/m0/s1. The van der Waals surface area contributed by atoms with Crippen molar-refractivity contribution >= 4 is 45.6 Å². The Bertz CT molecular complexity index is 844. The largest absolute Gasteiger partial charge is 0.375 e. The van der Waals surface area contributed by atoms with E-state index in [0.29, 0.717) is 17.2 Å². The number of aromatic nitrogens is 4. The first-order chi connectivity index (χ1) is 13.5. The molecule has 1 aliphatic carbocycles. The summed E-state index contributed by atoms with van der Waals surface area (Å²) >= 11 is 6.02. The van der Waals surface area contributed by atoms with Crippen LogP contribution in [-0.4, -0.2) is 37.1 Å². The summed E-state index contributed by atoms with van der Waals surface area (Å²) in [6.45, 7) is 0. The maximum Gasteiger partial charge on any atom is 0.238 e. The lowest BCUT2D eigenvalue weighted by atomic mass is 10.0. The molecule has 1 unspecified atom stereocenters. The van der Waals surface area contributed by atoms with Crippen molar-refractivity contribution in [1.82, 2.24) is 31.0 Å². The highest BCUT2D eigenvalue weighted by molar-refractivity contribution is 7.80. The number of nitrogens with one attached hydrogen (secondary N) is 3. The van der Waals surface area contributed by atoms with Crippen molar-refractivity contribution in [3.63, 3.8) is 0 Å². The predicted octanol–water partition coefficient (Wildman–Crippen LogP) is 0.647. The summed E-state index contributed by atoms with van der Waals surface area (Å²) in [6, 6.07) is 1.69. The van der Waals surface area contributed by atoms with E-state index in [1.807, 2.05) is 0 Å². The zero-order valence-electron chi connectivity index (χ0n) is 14.9. The number of hydrogen-bond acceptors (Lipinski definition) is 8. The monoisotopic (exact) mass is 420 g/mol. The van der Waals surface area contributed by atoms with E-state index in [1.165, 1.54) is 17.7 Å². The van der Waals surface area contributed by atoms with E-state index >= 15 is 0 Å². The molecule has 28 heavy (non-hydrogen) atoms. The Balaban J connectivity index is 1.47. The molecule has 2 aromatic rings. The molecule has 12 heteroatoms. The van der Waals surface area contributed by atoms with Crippen LogP contribution in [0.2, 0.25) is 0 Å². The van der Waals surface area contributed by atoms with E-state index in [1.54, 1.807) is 12.3 Å². The lowest BCUT2D eigenvalue weighted by Gasteiger charge is -2.10. The number of amides is 2. The van der Waals surface area contributed by atoms with E-state index in [9.17, 15) is 9.59 Å². The summed E-state index contributed by atoms with van der Waals surface area (Å²) in [5.74, 6) is 0.158. The average molecular weight is 421 g/mol. The van der Waals surface area contributed by atoms with Crippen LogP contribution in [0.15, 0.2) is 18.6 Å². The maximum atomic E-state index is 12.1. The Morgan fingerprint density at radius 3 is 2.86 bits per heavy atom. The molecule has 5 N–H and O–H groups in total. The van der Waals surface area contributed by atoms with Gasteiger partial charge in [0.25, 0.3) is 0 Å². The van der Waals surface area contributed by atoms with E-state index in [0.717, 1.165) is 24.3 Å². The smallest absolute Gasteiger partial charge is 0.238 e. The van der Waals surface area contributed by atoms with Gasteiger partial charge < -0.3 is 11.1 Å². The minimum absolute atomic E-state index is 0.0285. The van der Waals surface area contributed by atoms with Crippen LogP contribution < -0.4 is 21.9 Å². The molecule has 2 amide bonds. The molecule has 148 valence electrons. The second-order valence-electron chi connectivity index (χ2n) is 6.49. The number of thiocarbonyl (C=S) groups is 1. The Labute approximate surface area is 170 Å². The SMILES string of the molecule is NC(=S)NNC(=O)CC1CC[C@H](c2nnc(NC(=O)Cc3ccncn3)s2)C1. The highest BCUT2D eigenvalue weighted by atomic mass is 32.1. The van der Waals surface area contributed by atoms with Crippen LogP contribution >= 0.6 is 23.6 Å². The fourth-order valence-electron chi connectivity index (χ4n) is 3.13. The van der Waals surface area contributed by atoms with Crippen molar-refractivity contribution in [2.45, 2.75) is 38.0 Å². The van der Waals surface area contributed by atoms with Gasteiger partial charge in [0.05, 0.1) is 12.1 Å². The molecule has 0 saturated heterocycles. The quantitative estimate of drug-likeness (QED) is 0.390. The van der Waals surface area contributed by atoms with Gasteiger partial charge >= 0.3 is 0 Å². The lowest BCUT2D eigenvalue weighted by Crippen LogP contribution is -2.44. The van der Waals surface area contributed by atoms with Crippen LogP contribution in [0.5, 0.6) is 0 Å². The van der Waals surface area contributed by atoms with Crippen molar-refractivity contribution in [3.8, 4) is 0 Å². The minimum atomic E-state index is -0.201. The van der Waals surface area contributed by atoms with E-state index in [-0.39, 0.29) is 35.2 Å². The maximum absolute atomic E-state index is 12.1. The number of carbonyl (C=O) groups is 2. The van der Waals surface area contributed by atoms with E-state index in [2.05, 4.69) is 48.6 Å². The van der Waals surface area contributed by atoms with Gasteiger partial charge in [-0.2, -0.15) is 0 Å². The number of anilines is 1. The number of carbonyl (C=O) groups excluding carboxylic acids is 2. The van der Waals surface area contributed by atoms with Gasteiger partial charge in [-0.1, -0.05) is 11.3 Å². The highest BCUT2D eigenvalue weighted by Crippen LogP contribution is 2.41. The van der Waals surface area contributed by atoms with Gasteiger partial charge in [-0.3, -0.25) is 20.4 Å². The van der Waals surface area contributed by atoms with Gasteiger partial charge in [0, 0.05) is 18.5 Å². The van der Waals surface area contributed by atoms with Crippen LogP contribution in [0.3, 0.4) is 0 Å². The van der Waals surface area contributed by atoms with Crippen molar-refractivity contribution in [2.24, 2.45) is 11.7 Å². The first-order valence-electron chi connectivity index (χ1n) is 8.72. The Kier molecular flexibility index (Phi) is 6.76. The molecule has 1 fully saturated rings. The number of nitrogens with two attached hydrogens (primary N) is 1. The first kappa shape index (κ1) is 20.0. The summed E-state index contributed by atoms with van der Waals surface area (Å²) < 4.78 is 0. The van der Waals surface area contributed by atoms with Gasteiger partial charge in [-0.05, 0) is 43.5 Å². The molecule has 0 aromatic carbocycles. The number of rotatable bonds is 6. The van der Waals surface area contributed by atoms with Crippen molar-refractivity contribution < 1.29 is 9.59 Å². The molecule has 0 spiro atoms. The summed E-state index contributed by atoms with van der Waals surface area (Å²) in [7, 11) is 0. The van der Waals surface area contributed by atoms with E-state index in [4.69, 9.17) is 5.73 Å². The molecule has 0 bridgehead atoms. The molecule has 0 radical (unpaired) electrons. The molecule has 1 aliphatic rings. The van der Waals surface area contributed by atoms with Gasteiger partial charge in [0.2, 0.25) is 16.9 Å². The third kappa shape index (κ3) is 5.89. The van der Waals surface area contributed by atoms with Gasteiger partial charge in [0.15, 0.2) is 5.11 Å². The molecule has 2 heterocycles. The Morgan fingerprint density at radius 1 is 1.25 bits per heavy atom. The van der Waals surface area contributed by atoms with E-state index < -0.39 is 0 Å². The van der Waals surface area contributed by atoms with Gasteiger partial charge in [0.1, 0.15) is 11.3 Å². The van der Waals surface area contributed by atoms with Crippen molar-refractivity contribution in [2.75, 3.05) is 5.32 Å². The van der Waals surface area contributed by atoms with Gasteiger partial charge in [-0.25, -0.2) is 9.97 Å². The molecular formula is C16H20N8O2S2. The Morgan fingerprint density at radius 2 is 2.11 bits per heavy atom. The third-order valence-corrected chi connectivity index (χ3v) is 5.46. The van der Waals surface area contributed by atoms with Crippen LogP contribution in [0.1, 0.15) is 42.3 Å². The molecule has 3 rings (SSSR count). The molecule has 1 saturated carbocycles. The van der Waals surface area contributed by atoms with Crippen LogP contribution in [0, 0.1) is 5.92 Å². The highest BCUT2D eigenvalue weighted by Gasteiger charge is 2.30. The molecular weight excluding hydrogens is 400 g/mol. The number of hydrogen-bond donors (Lipinski definition) is 4. The minimum Gasteiger partial charge on any atom is -0.375 e. The van der Waals surface area contributed by atoms with Crippen LogP contribution in [-0.2, 0) is 16.0 Å². The zero-order valence-corrected chi connectivity index (χ0v) is 16.6. The lowest BCUT2D eigenvalue weighted by molar-refractivity contribution is -0.122. The van der Waals surface area contributed by atoms with Crippen molar-refractivity contribution in [1.29, 1.82) is 0 Å². The average Bonchev–Trinajstić information content (AvgIpc) is 3.30.